The second-order valence-electron chi connectivity index (χ2n) is 6.19. The van der Waals surface area contributed by atoms with Crippen LogP contribution in [-0.4, -0.2) is 29.4 Å². The first kappa shape index (κ1) is 21.3. The Hall–Kier alpha value is 0.288. The van der Waals surface area contributed by atoms with E-state index in [0.717, 1.165) is 6.42 Å². The average Bonchev–Trinajstić information content (AvgIpc) is 2.50. The Morgan fingerprint density at radius 3 is 1.33 bits per heavy atom. The van der Waals surface area contributed by atoms with Gasteiger partial charge in [0.25, 0.3) is 0 Å². The molecule has 0 aromatic heterocycles. The van der Waals surface area contributed by atoms with Crippen LogP contribution in [0.2, 0.25) is 0 Å². The molecule has 0 saturated heterocycles. The Balaban J connectivity index is 2.98. The number of hydrogen-bond donors (Lipinski definition) is 0. The molecule has 0 aliphatic heterocycles. The van der Waals surface area contributed by atoms with Crippen molar-refractivity contribution in [1.82, 2.24) is 0 Å². The predicted molar refractivity (Wildman–Crippen MR) is 94.2 cm³/mol. The molecule has 0 aliphatic carbocycles. The summed E-state index contributed by atoms with van der Waals surface area (Å²) in [6, 6.07) is 0. The first-order chi connectivity index (χ1) is 10.3. The van der Waals surface area contributed by atoms with Crippen molar-refractivity contribution in [3.8, 4) is 0 Å². The summed E-state index contributed by atoms with van der Waals surface area (Å²) in [4.78, 5) is 11.0. The SMILES string of the molecule is CCCCCCCCCCCCCCCCCC(=O)[O][SbH2]. The van der Waals surface area contributed by atoms with Crippen molar-refractivity contribution < 1.29 is 7.81 Å². The first-order valence-electron chi connectivity index (χ1n) is 9.20. The minimum atomic E-state index is -0.00732. The van der Waals surface area contributed by atoms with Gasteiger partial charge < -0.3 is 0 Å². The van der Waals surface area contributed by atoms with Crippen molar-refractivity contribution >= 4 is 29.4 Å². The van der Waals surface area contributed by atoms with E-state index < -0.39 is 0 Å². The molecule has 0 amide bonds. The summed E-state index contributed by atoms with van der Waals surface area (Å²) in [5.41, 5.74) is 0. The van der Waals surface area contributed by atoms with Crippen molar-refractivity contribution in [3.05, 3.63) is 0 Å². The van der Waals surface area contributed by atoms with Crippen molar-refractivity contribution in [1.29, 1.82) is 0 Å². The summed E-state index contributed by atoms with van der Waals surface area (Å²) in [5, 5.41) is 0. The molecule has 21 heavy (non-hydrogen) atoms. The molecular formula is C18H37O2Sb. The van der Waals surface area contributed by atoms with Crippen LogP contribution in [0.15, 0.2) is 0 Å². The second kappa shape index (κ2) is 18.3. The van der Waals surface area contributed by atoms with Crippen LogP contribution in [-0.2, 0) is 7.81 Å². The molecule has 0 aromatic rings. The molecule has 0 unspecified atom stereocenters. The Morgan fingerprint density at radius 1 is 0.667 bits per heavy atom. The molecule has 0 spiro atoms. The standard InChI is InChI=1S/C18H36O2.Sb.2H/c1-2-3-4-5-6-7-8-9-10-11-12-13-14-15-16-17-18(19)20;;;/h2-17H2,1H3,(H,19,20);;;/q;+1;;/p-1. The molecule has 2 nitrogen and oxygen atoms in total. The van der Waals surface area contributed by atoms with Gasteiger partial charge in [-0.25, -0.2) is 0 Å². The van der Waals surface area contributed by atoms with Crippen LogP contribution >= 0.6 is 0 Å². The van der Waals surface area contributed by atoms with Gasteiger partial charge in [-0.05, 0) is 0 Å². The van der Waals surface area contributed by atoms with Crippen LogP contribution < -0.4 is 0 Å². The molecule has 0 aromatic carbocycles. The van der Waals surface area contributed by atoms with Gasteiger partial charge in [0.2, 0.25) is 0 Å². The van der Waals surface area contributed by atoms with Crippen LogP contribution in [0.5, 0.6) is 0 Å². The van der Waals surface area contributed by atoms with E-state index >= 15 is 0 Å². The van der Waals surface area contributed by atoms with Crippen LogP contribution in [0.25, 0.3) is 0 Å². The van der Waals surface area contributed by atoms with Crippen molar-refractivity contribution in [3.63, 3.8) is 0 Å². The number of hydrogen-bond acceptors (Lipinski definition) is 2. The zero-order valence-corrected chi connectivity index (χ0v) is 17.5. The Labute approximate surface area is 146 Å². The number of carbonyl (C=O) groups is 1. The van der Waals surface area contributed by atoms with Crippen LogP contribution in [0.1, 0.15) is 110 Å². The molecule has 0 radical (unpaired) electrons. The molecule has 0 bridgehead atoms. The van der Waals surface area contributed by atoms with Gasteiger partial charge in [0.15, 0.2) is 0 Å². The number of unbranched alkanes of at least 4 members (excludes halogenated alkanes) is 14. The third-order valence-corrected chi connectivity index (χ3v) is 4.87. The van der Waals surface area contributed by atoms with Crippen LogP contribution in [0.3, 0.4) is 0 Å². The molecule has 0 rings (SSSR count). The second-order valence-corrected chi connectivity index (χ2v) is 6.86. The maximum absolute atomic E-state index is 11.0. The first-order valence-corrected chi connectivity index (χ1v) is 10.6. The van der Waals surface area contributed by atoms with Crippen LogP contribution in [0.4, 0.5) is 0 Å². The van der Waals surface area contributed by atoms with Gasteiger partial charge >= 0.3 is 101 Å². The number of carbonyl (C=O) groups excluding carboxylic acids is 1. The Bertz CT molecular complexity index is 219. The fraction of sp³-hybridized carbons (Fsp3) is 0.944. The van der Waals surface area contributed by atoms with Gasteiger partial charge in [-0.2, -0.15) is 0 Å². The van der Waals surface area contributed by atoms with Crippen molar-refractivity contribution in [2.75, 3.05) is 0 Å². The summed E-state index contributed by atoms with van der Waals surface area (Å²) in [6.07, 6.45) is 21.1. The van der Waals surface area contributed by atoms with E-state index in [-0.39, 0.29) is 5.97 Å². The molecule has 0 aliphatic rings. The molecular weight excluding hydrogens is 370 g/mol. The summed E-state index contributed by atoms with van der Waals surface area (Å²) < 4.78 is 4.76. The van der Waals surface area contributed by atoms with E-state index in [9.17, 15) is 4.79 Å². The average molecular weight is 407 g/mol. The normalized spacial score (nSPS) is 10.8. The fourth-order valence-electron chi connectivity index (χ4n) is 2.70. The zero-order valence-electron chi connectivity index (χ0n) is 14.2. The number of rotatable bonds is 16. The quantitative estimate of drug-likeness (QED) is 0.255. The topological polar surface area (TPSA) is 26.3 Å². The molecule has 0 saturated carbocycles. The summed E-state index contributed by atoms with van der Waals surface area (Å²) >= 11 is 0.603. The van der Waals surface area contributed by atoms with E-state index in [4.69, 9.17) is 3.02 Å². The third kappa shape index (κ3) is 18.2. The molecule has 0 atom stereocenters. The third-order valence-electron chi connectivity index (χ3n) is 4.12. The van der Waals surface area contributed by atoms with Crippen LogP contribution in [0, 0.1) is 0 Å². The van der Waals surface area contributed by atoms with E-state index in [0.29, 0.717) is 29.9 Å². The monoisotopic (exact) mass is 406 g/mol. The predicted octanol–water partition coefficient (Wildman–Crippen LogP) is 5.34. The van der Waals surface area contributed by atoms with Gasteiger partial charge in [0.1, 0.15) is 0 Å². The summed E-state index contributed by atoms with van der Waals surface area (Å²) in [7, 11) is 0. The summed E-state index contributed by atoms with van der Waals surface area (Å²) in [5.74, 6) is -0.00732. The maximum atomic E-state index is 11.0. The Kier molecular flexibility index (Phi) is 18.6. The minimum absolute atomic E-state index is 0.00732. The van der Waals surface area contributed by atoms with Gasteiger partial charge in [-0.3, -0.25) is 0 Å². The molecule has 0 fully saturated rings. The van der Waals surface area contributed by atoms with E-state index in [1.54, 1.807) is 0 Å². The van der Waals surface area contributed by atoms with Gasteiger partial charge in [-0.1, -0.05) is 45.4 Å². The molecule has 126 valence electrons. The summed E-state index contributed by atoms with van der Waals surface area (Å²) in [6.45, 7) is 2.28. The van der Waals surface area contributed by atoms with Crippen molar-refractivity contribution in [2.45, 2.75) is 110 Å². The van der Waals surface area contributed by atoms with E-state index in [1.807, 2.05) is 0 Å². The molecule has 0 N–H and O–H groups in total. The molecule has 3 heteroatoms. The Morgan fingerprint density at radius 2 is 1.00 bits per heavy atom. The fourth-order valence-corrected chi connectivity index (χ4v) is 3.04. The van der Waals surface area contributed by atoms with Gasteiger partial charge in [0, 0.05) is 0 Å². The van der Waals surface area contributed by atoms with E-state index in [2.05, 4.69) is 6.92 Å². The zero-order chi connectivity index (χ0) is 15.6. The van der Waals surface area contributed by atoms with Crippen molar-refractivity contribution in [2.24, 2.45) is 0 Å². The van der Waals surface area contributed by atoms with Gasteiger partial charge in [-0.15, -0.1) is 0 Å². The van der Waals surface area contributed by atoms with Gasteiger partial charge in [0.05, 0.1) is 0 Å². The van der Waals surface area contributed by atoms with E-state index in [1.165, 1.54) is 89.9 Å². The molecule has 0 heterocycles.